The Bertz CT molecular complexity index is 1010. The maximum atomic E-state index is 12.2. The summed E-state index contributed by atoms with van der Waals surface area (Å²) in [5, 5.41) is 17.9. The Morgan fingerprint density at radius 3 is 2.74 bits per heavy atom. The van der Waals surface area contributed by atoms with E-state index in [1.54, 1.807) is 41.5 Å². The number of nitriles is 1. The van der Waals surface area contributed by atoms with Crippen molar-refractivity contribution in [3.8, 4) is 11.9 Å². The van der Waals surface area contributed by atoms with Crippen LogP contribution in [0.15, 0.2) is 53.7 Å². The number of rotatable bonds is 4. The van der Waals surface area contributed by atoms with Gasteiger partial charge in [-0.05, 0) is 43.0 Å². The molecule has 1 aliphatic heterocycles. The predicted octanol–water partition coefficient (Wildman–Crippen LogP) is 1.61. The van der Waals surface area contributed by atoms with E-state index in [0.717, 1.165) is 31.7 Å². The normalized spacial score (nSPS) is 14.9. The molecular formula is C19H19N7O. The lowest BCUT2D eigenvalue weighted by molar-refractivity contribution is 0.333. The second kappa shape index (κ2) is 7.41. The highest BCUT2D eigenvalue weighted by molar-refractivity contribution is 5.53. The first-order chi connectivity index (χ1) is 13.2. The zero-order valence-electron chi connectivity index (χ0n) is 14.8. The summed E-state index contributed by atoms with van der Waals surface area (Å²) in [7, 11) is 0. The summed E-state index contributed by atoms with van der Waals surface area (Å²) in [6.45, 7) is 2.20. The van der Waals surface area contributed by atoms with E-state index in [1.165, 1.54) is 10.7 Å². The van der Waals surface area contributed by atoms with Gasteiger partial charge in [-0.3, -0.25) is 4.79 Å². The minimum Gasteiger partial charge on any atom is -0.356 e. The third-order valence-electron chi connectivity index (χ3n) is 4.84. The Labute approximate surface area is 156 Å². The number of piperidine rings is 1. The summed E-state index contributed by atoms with van der Waals surface area (Å²) in [6.07, 6.45) is 7.03. The van der Waals surface area contributed by atoms with Gasteiger partial charge < -0.3 is 4.90 Å². The Hall–Kier alpha value is -3.47. The van der Waals surface area contributed by atoms with Gasteiger partial charge in [0.25, 0.3) is 5.56 Å². The van der Waals surface area contributed by atoms with E-state index in [0.29, 0.717) is 23.8 Å². The van der Waals surface area contributed by atoms with Gasteiger partial charge in [0.05, 0.1) is 5.56 Å². The van der Waals surface area contributed by atoms with Crippen LogP contribution in [-0.4, -0.2) is 37.6 Å². The summed E-state index contributed by atoms with van der Waals surface area (Å²) in [5.74, 6) is 1.73. The summed E-state index contributed by atoms with van der Waals surface area (Å²) in [6, 6.07) is 10.8. The van der Waals surface area contributed by atoms with Crippen molar-refractivity contribution < 1.29 is 0 Å². The second-order valence-electron chi connectivity index (χ2n) is 6.58. The van der Waals surface area contributed by atoms with Crippen molar-refractivity contribution in [1.82, 2.24) is 24.5 Å². The van der Waals surface area contributed by atoms with E-state index < -0.39 is 0 Å². The van der Waals surface area contributed by atoms with Gasteiger partial charge in [-0.15, -0.1) is 5.10 Å². The molecule has 4 heterocycles. The summed E-state index contributed by atoms with van der Waals surface area (Å²) >= 11 is 0. The Morgan fingerprint density at radius 1 is 1.15 bits per heavy atom. The first kappa shape index (κ1) is 17.0. The molecule has 0 atom stereocenters. The highest BCUT2D eigenvalue weighted by atomic mass is 16.1. The van der Waals surface area contributed by atoms with Crippen LogP contribution in [0.1, 0.15) is 18.4 Å². The standard InChI is InChI=1S/C19H19N7O/c20-13-16-3-1-8-21-19(16)24-11-6-15(7-12-24)14-26-18(27)5-4-17(23-26)25-10-2-9-22-25/h1-5,8-10,15H,6-7,11-12,14H2. The maximum Gasteiger partial charge on any atom is 0.266 e. The van der Waals surface area contributed by atoms with E-state index in [-0.39, 0.29) is 5.56 Å². The first-order valence-electron chi connectivity index (χ1n) is 8.93. The molecule has 0 aromatic carbocycles. The molecule has 136 valence electrons. The fraction of sp³-hybridized carbons (Fsp3) is 0.316. The van der Waals surface area contributed by atoms with Crippen LogP contribution in [-0.2, 0) is 6.54 Å². The number of hydrogen-bond acceptors (Lipinski definition) is 6. The van der Waals surface area contributed by atoms with Crippen LogP contribution in [0.5, 0.6) is 0 Å². The largest absolute Gasteiger partial charge is 0.356 e. The molecule has 0 radical (unpaired) electrons. The van der Waals surface area contributed by atoms with E-state index in [2.05, 4.69) is 26.2 Å². The van der Waals surface area contributed by atoms with Crippen LogP contribution in [0.25, 0.3) is 5.82 Å². The molecule has 27 heavy (non-hydrogen) atoms. The quantitative estimate of drug-likeness (QED) is 0.701. The molecule has 8 heteroatoms. The second-order valence-corrected chi connectivity index (χ2v) is 6.58. The molecule has 0 N–H and O–H groups in total. The van der Waals surface area contributed by atoms with Gasteiger partial charge in [0, 0.05) is 44.3 Å². The fourth-order valence-electron chi connectivity index (χ4n) is 3.40. The van der Waals surface area contributed by atoms with Gasteiger partial charge in [0.2, 0.25) is 0 Å². The number of anilines is 1. The maximum absolute atomic E-state index is 12.2. The van der Waals surface area contributed by atoms with Crippen LogP contribution in [0, 0.1) is 17.2 Å². The molecule has 1 saturated heterocycles. The molecule has 4 rings (SSSR count). The van der Waals surface area contributed by atoms with Gasteiger partial charge in [-0.2, -0.15) is 10.4 Å². The average Bonchev–Trinajstić information content (AvgIpc) is 3.25. The molecule has 0 unspecified atom stereocenters. The lowest BCUT2D eigenvalue weighted by Gasteiger charge is -2.33. The molecule has 1 fully saturated rings. The van der Waals surface area contributed by atoms with E-state index in [1.807, 2.05) is 6.07 Å². The minimum absolute atomic E-state index is 0.107. The van der Waals surface area contributed by atoms with Gasteiger partial charge >= 0.3 is 0 Å². The molecule has 3 aromatic rings. The Morgan fingerprint density at radius 2 is 2.00 bits per heavy atom. The number of hydrogen-bond donors (Lipinski definition) is 0. The highest BCUT2D eigenvalue weighted by Crippen LogP contribution is 2.24. The van der Waals surface area contributed by atoms with Crippen molar-refractivity contribution in [2.75, 3.05) is 18.0 Å². The van der Waals surface area contributed by atoms with E-state index in [4.69, 9.17) is 0 Å². The summed E-state index contributed by atoms with van der Waals surface area (Å²) < 4.78 is 3.17. The molecule has 0 amide bonds. The van der Waals surface area contributed by atoms with Crippen LogP contribution in [0.2, 0.25) is 0 Å². The predicted molar refractivity (Wildman–Crippen MR) is 99.5 cm³/mol. The van der Waals surface area contributed by atoms with Crippen molar-refractivity contribution in [2.45, 2.75) is 19.4 Å². The molecule has 3 aromatic heterocycles. The third-order valence-corrected chi connectivity index (χ3v) is 4.84. The third kappa shape index (κ3) is 3.58. The zero-order chi connectivity index (χ0) is 18.6. The molecule has 0 bridgehead atoms. The minimum atomic E-state index is -0.107. The summed E-state index contributed by atoms with van der Waals surface area (Å²) in [4.78, 5) is 18.7. The van der Waals surface area contributed by atoms with Crippen molar-refractivity contribution in [3.63, 3.8) is 0 Å². The van der Waals surface area contributed by atoms with Crippen molar-refractivity contribution in [1.29, 1.82) is 5.26 Å². The first-order valence-corrected chi connectivity index (χ1v) is 8.93. The SMILES string of the molecule is N#Cc1cccnc1N1CCC(Cn2nc(-n3cccn3)ccc2=O)CC1. The van der Waals surface area contributed by atoms with Crippen molar-refractivity contribution >= 4 is 5.82 Å². The van der Waals surface area contributed by atoms with Crippen LogP contribution in [0.4, 0.5) is 5.82 Å². The average molecular weight is 361 g/mol. The number of pyridine rings is 1. The van der Waals surface area contributed by atoms with Crippen molar-refractivity contribution in [2.24, 2.45) is 5.92 Å². The van der Waals surface area contributed by atoms with E-state index in [9.17, 15) is 10.1 Å². The van der Waals surface area contributed by atoms with Crippen LogP contribution < -0.4 is 10.5 Å². The molecule has 0 saturated carbocycles. The van der Waals surface area contributed by atoms with Gasteiger partial charge in [-0.1, -0.05) is 0 Å². The molecule has 1 aliphatic rings. The molecule has 0 spiro atoms. The Kier molecular flexibility index (Phi) is 4.66. The molecule has 8 nitrogen and oxygen atoms in total. The topological polar surface area (TPSA) is 92.6 Å². The van der Waals surface area contributed by atoms with Crippen molar-refractivity contribution in [3.05, 3.63) is 64.8 Å². The van der Waals surface area contributed by atoms with Crippen LogP contribution >= 0.6 is 0 Å². The number of nitrogens with zero attached hydrogens (tertiary/aromatic N) is 7. The number of aromatic nitrogens is 5. The Balaban J connectivity index is 1.45. The van der Waals surface area contributed by atoms with E-state index >= 15 is 0 Å². The lowest BCUT2D eigenvalue weighted by atomic mass is 9.96. The van der Waals surface area contributed by atoms with Crippen LogP contribution in [0.3, 0.4) is 0 Å². The fourth-order valence-corrected chi connectivity index (χ4v) is 3.40. The lowest BCUT2D eigenvalue weighted by Crippen LogP contribution is -2.37. The molecule has 0 aliphatic carbocycles. The highest BCUT2D eigenvalue weighted by Gasteiger charge is 2.23. The summed E-state index contributed by atoms with van der Waals surface area (Å²) in [5.41, 5.74) is 0.491. The monoisotopic (exact) mass is 361 g/mol. The van der Waals surface area contributed by atoms with Gasteiger partial charge in [-0.25, -0.2) is 14.3 Å². The zero-order valence-corrected chi connectivity index (χ0v) is 14.8. The molecular weight excluding hydrogens is 342 g/mol. The smallest absolute Gasteiger partial charge is 0.266 e. The van der Waals surface area contributed by atoms with Gasteiger partial charge in [0.15, 0.2) is 5.82 Å². The van der Waals surface area contributed by atoms with Gasteiger partial charge in [0.1, 0.15) is 11.9 Å².